The third kappa shape index (κ3) is 9.91. The maximum absolute atomic E-state index is 12.0. The first-order valence-electron chi connectivity index (χ1n) is 9.77. The number of aliphatic hydroxyl groups is 1. The van der Waals surface area contributed by atoms with Crippen LogP contribution in [0.3, 0.4) is 0 Å². The van der Waals surface area contributed by atoms with Crippen LogP contribution >= 0.6 is 15.1 Å². The van der Waals surface area contributed by atoms with Crippen LogP contribution in [0.25, 0.3) is 0 Å². The van der Waals surface area contributed by atoms with E-state index in [0.717, 1.165) is 0 Å². The number of carboxylic acid groups (broad SMARTS) is 3. The summed E-state index contributed by atoms with van der Waals surface area (Å²) in [6.45, 7) is 2.60. The maximum atomic E-state index is 12.0. The molecule has 5 N–H and O–H groups in total. The van der Waals surface area contributed by atoms with Gasteiger partial charge in [-0.15, -0.1) is 0 Å². The molecule has 1 rings (SSSR count). The van der Waals surface area contributed by atoms with Gasteiger partial charge in [0.25, 0.3) is 0 Å². The highest BCUT2D eigenvalue weighted by Gasteiger charge is 2.54. The van der Waals surface area contributed by atoms with Crippen molar-refractivity contribution < 1.29 is 58.1 Å². The number of phosphoric ester groups is 1. The second-order valence-corrected chi connectivity index (χ2v) is 13.5. The summed E-state index contributed by atoms with van der Waals surface area (Å²) in [5, 5.41) is 37.6. The van der Waals surface area contributed by atoms with Crippen LogP contribution in [0.5, 0.6) is 0 Å². The van der Waals surface area contributed by atoms with Gasteiger partial charge in [-0.1, -0.05) is 0 Å². The summed E-state index contributed by atoms with van der Waals surface area (Å²) in [4.78, 5) is 43.5. The van der Waals surface area contributed by atoms with Crippen molar-refractivity contribution in [3.8, 4) is 0 Å². The SMILES string of the molecule is CC(C)OP(=O)(O)OCC1OC(O)CC1[P+](CCC(=O)O)(CCC(=O)O)CCC(=O)O. The monoisotopic (exact) mass is 489 g/mol. The smallest absolute Gasteiger partial charge is 0.472 e. The molecular formula is C17H31O12P2+. The fourth-order valence-corrected chi connectivity index (χ4v) is 9.68. The zero-order chi connectivity index (χ0) is 23.8. The van der Waals surface area contributed by atoms with Crippen molar-refractivity contribution in [2.45, 2.75) is 63.7 Å². The number of ether oxygens (including phenoxy) is 1. The lowest BCUT2D eigenvalue weighted by molar-refractivity contribution is -0.137. The lowest BCUT2D eigenvalue weighted by Gasteiger charge is -2.34. The molecule has 1 aliphatic heterocycles. The first-order valence-corrected chi connectivity index (χ1v) is 13.7. The molecule has 0 radical (unpaired) electrons. The molecule has 0 aromatic carbocycles. The average Bonchev–Trinajstić information content (AvgIpc) is 2.99. The first kappa shape index (κ1) is 27.9. The van der Waals surface area contributed by atoms with Crippen molar-refractivity contribution >= 4 is 33.0 Å². The Bertz CT molecular complexity index is 636. The van der Waals surface area contributed by atoms with Crippen LogP contribution < -0.4 is 0 Å². The summed E-state index contributed by atoms with van der Waals surface area (Å²) in [5.74, 6) is -3.35. The Morgan fingerprint density at radius 2 is 1.48 bits per heavy atom. The van der Waals surface area contributed by atoms with Gasteiger partial charge in [-0.05, 0) is 13.8 Å². The summed E-state index contributed by atoms with van der Waals surface area (Å²) in [7, 11) is -7.05. The van der Waals surface area contributed by atoms with Gasteiger partial charge in [0, 0.05) is 13.7 Å². The molecule has 0 aromatic rings. The predicted octanol–water partition coefficient (Wildman–Crippen LogP) is 1.45. The minimum Gasteiger partial charge on any atom is -0.481 e. The molecule has 1 aliphatic rings. The van der Waals surface area contributed by atoms with E-state index in [1.54, 1.807) is 0 Å². The molecular weight excluding hydrogens is 458 g/mol. The van der Waals surface area contributed by atoms with Crippen LogP contribution in [0.15, 0.2) is 0 Å². The Labute approximate surface area is 180 Å². The van der Waals surface area contributed by atoms with Gasteiger partial charge in [0.05, 0.1) is 50.5 Å². The quantitative estimate of drug-likeness (QED) is 0.208. The fourth-order valence-electron chi connectivity index (χ4n) is 3.69. The number of hydrogen-bond donors (Lipinski definition) is 5. The van der Waals surface area contributed by atoms with Crippen LogP contribution in [0.2, 0.25) is 0 Å². The molecule has 180 valence electrons. The van der Waals surface area contributed by atoms with E-state index in [0.29, 0.717) is 0 Å². The summed E-state index contributed by atoms with van der Waals surface area (Å²) in [6.07, 6.45) is -3.56. The third-order valence-corrected chi connectivity index (χ3v) is 11.4. The normalized spacial score (nSPS) is 23.6. The fraction of sp³-hybridized carbons (Fsp3) is 0.824. The lowest BCUT2D eigenvalue weighted by atomic mass is 10.2. The molecule has 0 aliphatic carbocycles. The summed E-state index contributed by atoms with van der Waals surface area (Å²) < 4.78 is 27.3. The number of carbonyl (C=O) groups is 3. The van der Waals surface area contributed by atoms with Crippen molar-refractivity contribution in [3.63, 3.8) is 0 Å². The number of carboxylic acids is 3. The summed E-state index contributed by atoms with van der Waals surface area (Å²) in [6, 6.07) is 0. The van der Waals surface area contributed by atoms with E-state index in [1.807, 2.05) is 0 Å². The van der Waals surface area contributed by atoms with E-state index in [-0.39, 0.29) is 44.2 Å². The molecule has 1 saturated heterocycles. The predicted molar refractivity (Wildman–Crippen MR) is 110 cm³/mol. The number of hydrogen-bond acceptors (Lipinski definition) is 8. The molecule has 12 nitrogen and oxygen atoms in total. The molecule has 1 fully saturated rings. The average molecular weight is 489 g/mol. The Kier molecular flexibility index (Phi) is 11.0. The Hall–Kier alpha value is -1.13. The van der Waals surface area contributed by atoms with E-state index in [9.17, 15) is 44.3 Å². The number of rotatable bonds is 15. The molecule has 4 unspecified atom stereocenters. The van der Waals surface area contributed by atoms with Crippen LogP contribution in [0.4, 0.5) is 0 Å². The highest BCUT2D eigenvalue weighted by molar-refractivity contribution is 7.76. The molecule has 14 heteroatoms. The minimum absolute atomic E-state index is 0.0153. The molecule has 0 saturated carbocycles. The molecule has 4 atom stereocenters. The lowest BCUT2D eigenvalue weighted by Crippen LogP contribution is -2.34. The largest absolute Gasteiger partial charge is 0.481 e. The highest BCUT2D eigenvalue weighted by Crippen LogP contribution is 2.68. The molecule has 0 spiro atoms. The second kappa shape index (κ2) is 12.2. The van der Waals surface area contributed by atoms with Crippen molar-refractivity contribution in [1.82, 2.24) is 0 Å². The van der Waals surface area contributed by atoms with Gasteiger partial charge < -0.3 is 30.1 Å². The maximum Gasteiger partial charge on any atom is 0.472 e. The zero-order valence-electron chi connectivity index (χ0n) is 17.5. The summed E-state index contributed by atoms with van der Waals surface area (Å²) in [5.41, 5.74) is -0.598. The van der Waals surface area contributed by atoms with Gasteiger partial charge in [0.1, 0.15) is 11.8 Å². The standard InChI is InChI=1S/C17H30O12P2/c1-11(2)29-31(25,26)27-10-12-13(9-17(24)28-12)30(6-3-14(18)19,7-4-15(20)21)8-5-16(22)23/h11-13,17,24H,3-10H2,1-2H3,(H3-,18,19,20,21,22,23,25,26)/p+1. The van der Waals surface area contributed by atoms with Crippen molar-refractivity contribution in [3.05, 3.63) is 0 Å². The van der Waals surface area contributed by atoms with Crippen LogP contribution in [-0.4, -0.2) is 92.5 Å². The van der Waals surface area contributed by atoms with E-state index >= 15 is 0 Å². The van der Waals surface area contributed by atoms with Crippen molar-refractivity contribution in [2.75, 3.05) is 25.1 Å². The third-order valence-electron chi connectivity index (χ3n) is 4.97. The van der Waals surface area contributed by atoms with Gasteiger partial charge in [-0.2, -0.15) is 0 Å². The number of aliphatic carboxylic acids is 3. The zero-order valence-corrected chi connectivity index (χ0v) is 19.2. The Balaban J connectivity index is 3.18. The number of phosphoric acid groups is 1. The minimum atomic E-state index is -4.42. The number of aliphatic hydroxyl groups excluding tert-OH is 1. The molecule has 1 heterocycles. The topological polar surface area (TPSA) is 197 Å². The Morgan fingerprint density at radius 3 is 1.87 bits per heavy atom. The van der Waals surface area contributed by atoms with Crippen LogP contribution in [0.1, 0.15) is 39.5 Å². The van der Waals surface area contributed by atoms with Gasteiger partial charge in [-0.25, -0.2) is 4.57 Å². The molecule has 31 heavy (non-hydrogen) atoms. The van der Waals surface area contributed by atoms with Gasteiger partial charge in [0.15, 0.2) is 6.29 Å². The Morgan fingerprint density at radius 1 is 1.03 bits per heavy atom. The van der Waals surface area contributed by atoms with Gasteiger partial charge >= 0.3 is 25.7 Å². The van der Waals surface area contributed by atoms with E-state index in [2.05, 4.69) is 0 Å². The van der Waals surface area contributed by atoms with Crippen LogP contribution in [-0.2, 0) is 32.7 Å². The summed E-state index contributed by atoms with van der Waals surface area (Å²) >= 11 is 0. The van der Waals surface area contributed by atoms with Gasteiger partial charge in [-0.3, -0.25) is 23.4 Å². The van der Waals surface area contributed by atoms with E-state index < -0.39 is 63.8 Å². The molecule has 0 aromatic heterocycles. The second-order valence-electron chi connectivity index (χ2n) is 7.67. The van der Waals surface area contributed by atoms with Crippen molar-refractivity contribution in [1.29, 1.82) is 0 Å². The first-order chi connectivity index (χ1) is 14.3. The molecule has 0 bridgehead atoms. The van der Waals surface area contributed by atoms with E-state index in [1.165, 1.54) is 13.8 Å². The van der Waals surface area contributed by atoms with Crippen LogP contribution in [0, 0.1) is 0 Å². The van der Waals surface area contributed by atoms with Gasteiger partial charge in [0.2, 0.25) is 0 Å². The highest BCUT2D eigenvalue weighted by atomic mass is 31.2. The van der Waals surface area contributed by atoms with E-state index in [4.69, 9.17) is 13.8 Å². The van der Waals surface area contributed by atoms with Crippen molar-refractivity contribution in [2.24, 2.45) is 0 Å². The molecule has 0 amide bonds.